The molecule has 0 saturated carbocycles. The van der Waals surface area contributed by atoms with Gasteiger partial charge in [0.15, 0.2) is 5.78 Å². The van der Waals surface area contributed by atoms with Gasteiger partial charge in [-0.15, -0.1) is 0 Å². The molecule has 0 amide bonds. The van der Waals surface area contributed by atoms with Gasteiger partial charge in [0.1, 0.15) is 5.75 Å². The fourth-order valence-corrected chi connectivity index (χ4v) is 3.60. The molecule has 2 aromatic carbocycles. The Morgan fingerprint density at radius 2 is 1.50 bits per heavy atom. The fraction of sp³-hybridized carbons (Fsp3) is 0.458. The van der Waals surface area contributed by atoms with E-state index >= 15 is 0 Å². The summed E-state index contributed by atoms with van der Waals surface area (Å²) in [5.74, 6) is -0.558. The van der Waals surface area contributed by atoms with E-state index in [0.717, 1.165) is 5.56 Å². The molecule has 4 nitrogen and oxygen atoms in total. The van der Waals surface area contributed by atoms with Crippen molar-refractivity contribution in [3.05, 3.63) is 65.2 Å². The van der Waals surface area contributed by atoms with E-state index < -0.39 is 49.0 Å². The summed E-state index contributed by atoms with van der Waals surface area (Å²) in [6, 6.07) is 11.1. The Bertz CT molecular complexity index is 924. The Labute approximate surface area is 194 Å². The standard InChI is InChI=1S/C24H28F6N2O2/c1-16-3-5-17(6-4-16)20(33)15-22(24(28,29)30,13-11-21(31)32)18-7-9-19(10-8-18)34-14-2-12-23(25,26)27/h3-10,21H,2,11-15,31-32H2,1H3. The van der Waals surface area contributed by atoms with Gasteiger partial charge in [0.05, 0.1) is 18.2 Å². The lowest BCUT2D eigenvalue weighted by Gasteiger charge is -2.36. The van der Waals surface area contributed by atoms with E-state index in [0.29, 0.717) is 0 Å². The average molecular weight is 490 g/mol. The van der Waals surface area contributed by atoms with Crippen LogP contribution >= 0.6 is 0 Å². The molecule has 4 N–H and O–H groups in total. The SMILES string of the molecule is Cc1ccc(C(=O)CC(CCC(N)N)(c2ccc(OCCCC(F)(F)F)cc2)C(F)(F)F)cc1. The summed E-state index contributed by atoms with van der Waals surface area (Å²) >= 11 is 0. The average Bonchev–Trinajstić information content (AvgIpc) is 2.73. The minimum atomic E-state index is -4.81. The lowest BCUT2D eigenvalue weighted by atomic mass is 9.71. The van der Waals surface area contributed by atoms with Crippen LogP contribution in [-0.4, -0.2) is 30.9 Å². The summed E-state index contributed by atoms with van der Waals surface area (Å²) in [4.78, 5) is 12.9. The van der Waals surface area contributed by atoms with Gasteiger partial charge in [-0.3, -0.25) is 4.79 Å². The van der Waals surface area contributed by atoms with Crippen LogP contribution in [0.2, 0.25) is 0 Å². The second-order valence-electron chi connectivity index (χ2n) is 8.34. The Kier molecular flexibility index (Phi) is 9.13. The third kappa shape index (κ3) is 7.73. The van der Waals surface area contributed by atoms with Crippen LogP contribution in [0.15, 0.2) is 48.5 Å². The van der Waals surface area contributed by atoms with Crippen molar-refractivity contribution >= 4 is 5.78 Å². The van der Waals surface area contributed by atoms with E-state index in [9.17, 15) is 31.1 Å². The molecule has 0 radical (unpaired) electrons. The van der Waals surface area contributed by atoms with Crippen LogP contribution in [-0.2, 0) is 5.41 Å². The Morgan fingerprint density at radius 3 is 2.00 bits per heavy atom. The number of alkyl halides is 6. The normalized spacial score (nSPS) is 14.2. The van der Waals surface area contributed by atoms with Gasteiger partial charge in [0.2, 0.25) is 0 Å². The molecule has 34 heavy (non-hydrogen) atoms. The van der Waals surface area contributed by atoms with E-state index in [4.69, 9.17) is 16.2 Å². The van der Waals surface area contributed by atoms with Gasteiger partial charge in [-0.25, -0.2) is 0 Å². The summed E-state index contributed by atoms with van der Waals surface area (Å²) in [7, 11) is 0. The highest BCUT2D eigenvalue weighted by Crippen LogP contribution is 2.48. The van der Waals surface area contributed by atoms with Crippen molar-refractivity contribution in [1.29, 1.82) is 0 Å². The topological polar surface area (TPSA) is 78.3 Å². The number of carbonyl (C=O) groups is 1. The van der Waals surface area contributed by atoms with E-state index in [1.54, 1.807) is 19.1 Å². The second kappa shape index (κ2) is 11.2. The number of halogens is 6. The number of nitrogens with two attached hydrogens (primary N) is 2. The maximum Gasteiger partial charge on any atom is 0.398 e. The smallest absolute Gasteiger partial charge is 0.398 e. The van der Waals surface area contributed by atoms with Crippen molar-refractivity contribution in [1.82, 2.24) is 0 Å². The molecule has 0 heterocycles. The summed E-state index contributed by atoms with van der Waals surface area (Å²) in [5, 5.41) is 0. The number of ketones is 1. The summed E-state index contributed by atoms with van der Waals surface area (Å²) in [6.45, 7) is 1.56. The molecule has 0 aliphatic rings. The fourth-order valence-electron chi connectivity index (χ4n) is 3.60. The number of benzene rings is 2. The highest BCUT2D eigenvalue weighted by molar-refractivity contribution is 5.97. The zero-order chi connectivity index (χ0) is 25.6. The summed E-state index contributed by atoms with van der Waals surface area (Å²) in [6.07, 6.45) is -13.0. The van der Waals surface area contributed by atoms with Crippen molar-refractivity contribution in [2.24, 2.45) is 11.5 Å². The number of Topliss-reactive ketones (excluding diaryl/α,β-unsaturated/α-hetero) is 1. The molecular formula is C24H28F6N2O2. The number of aryl methyl sites for hydroxylation is 1. The minimum Gasteiger partial charge on any atom is -0.494 e. The second-order valence-corrected chi connectivity index (χ2v) is 8.34. The first-order chi connectivity index (χ1) is 15.7. The zero-order valence-electron chi connectivity index (χ0n) is 18.7. The van der Waals surface area contributed by atoms with Crippen LogP contribution in [0.25, 0.3) is 0 Å². The Balaban J connectivity index is 2.32. The number of carbonyl (C=O) groups excluding carboxylic acids is 1. The molecule has 0 saturated heterocycles. The number of rotatable bonds is 11. The van der Waals surface area contributed by atoms with Crippen LogP contribution in [0.1, 0.15) is 53.6 Å². The van der Waals surface area contributed by atoms with Crippen molar-refractivity contribution < 1.29 is 35.9 Å². The van der Waals surface area contributed by atoms with Crippen molar-refractivity contribution in [2.75, 3.05) is 6.61 Å². The van der Waals surface area contributed by atoms with E-state index in [1.807, 2.05) is 0 Å². The molecule has 1 atom stereocenters. The number of hydrogen-bond acceptors (Lipinski definition) is 4. The van der Waals surface area contributed by atoms with Gasteiger partial charge in [-0.05, 0) is 43.9 Å². The third-order valence-corrected chi connectivity index (χ3v) is 5.56. The molecule has 188 valence electrons. The lowest BCUT2D eigenvalue weighted by Crippen LogP contribution is -2.46. The third-order valence-electron chi connectivity index (χ3n) is 5.56. The largest absolute Gasteiger partial charge is 0.494 e. The lowest BCUT2D eigenvalue weighted by molar-refractivity contribution is -0.193. The molecule has 2 aromatic rings. The highest BCUT2D eigenvalue weighted by atomic mass is 19.4. The first-order valence-corrected chi connectivity index (χ1v) is 10.7. The van der Waals surface area contributed by atoms with Crippen LogP contribution in [0.3, 0.4) is 0 Å². The van der Waals surface area contributed by atoms with Gasteiger partial charge in [-0.2, -0.15) is 26.3 Å². The quantitative estimate of drug-likeness (QED) is 0.180. The van der Waals surface area contributed by atoms with E-state index in [1.165, 1.54) is 36.4 Å². The Hall–Kier alpha value is -2.59. The van der Waals surface area contributed by atoms with Crippen LogP contribution in [0.4, 0.5) is 26.3 Å². The zero-order valence-corrected chi connectivity index (χ0v) is 18.7. The molecule has 0 aliphatic heterocycles. The van der Waals surface area contributed by atoms with Gasteiger partial charge in [0.25, 0.3) is 0 Å². The molecule has 2 rings (SSSR count). The van der Waals surface area contributed by atoms with Crippen LogP contribution in [0, 0.1) is 6.92 Å². The molecule has 0 spiro atoms. The predicted octanol–water partition coefficient (Wildman–Crippen LogP) is 5.81. The predicted molar refractivity (Wildman–Crippen MR) is 116 cm³/mol. The van der Waals surface area contributed by atoms with Gasteiger partial charge >= 0.3 is 12.4 Å². The van der Waals surface area contributed by atoms with Crippen molar-refractivity contribution in [2.45, 2.75) is 63.0 Å². The van der Waals surface area contributed by atoms with E-state index in [2.05, 4.69) is 0 Å². The van der Waals surface area contributed by atoms with Crippen LogP contribution in [0.5, 0.6) is 5.75 Å². The molecule has 0 aliphatic carbocycles. The van der Waals surface area contributed by atoms with E-state index in [-0.39, 0.29) is 36.3 Å². The Morgan fingerprint density at radius 1 is 0.912 bits per heavy atom. The summed E-state index contributed by atoms with van der Waals surface area (Å²) < 4.78 is 85.6. The first-order valence-electron chi connectivity index (χ1n) is 10.7. The van der Waals surface area contributed by atoms with Gasteiger partial charge < -0.3 is 16.2 Å². The van der Waals surface area contributed by atoms with Gasteiger partial charge in [-0.1, -0.05) is 42.0 Å². The molecule has 0 bridgehead atoms. The molecular weight excluding hydrogens is 462 g/mol. The maximum absolute atomic E-state index is 14.5. The summed E-state index contributed by atoms with van der Waals surface area (Å²) in [5.41, 5.74) is 9.34. The first kappa shape index (κ1) is 27.7. The van der Waals surface area contributed by atoms with Crippen molar-refractivity contribution in [3.8, 4) is 5.75 Å². The van der Waals surface area contributed by atoms with Crippen molar-refractivity contribution in [3.63, 3.8) is 0 Å². The molecule has 0 aromatic heterocycles. The monoisotopic (exact) mass is 490 g/mol. The molecule has 10 heteroatoms. The molecule has 0 fully saturated rings. The molecule has 1 unspecified atom stereocenters. The number of ether oxygens (including phenoxy) is 1. The highest BCUT2D eigenvalue weighted by Gasteiger charge is 2.56. The van der Waals surface area contributed by atoms with Gasteiger partial charge in [0, 0.05) is 18.4 Å². The van der Waals surface area contributed by atoms with Crippen LogP contribution < -0.4 is 16.2 Å². The number of hydrogen-bond donors (Lipinski definition) is 2. The maximum atomic E-state index is 14.5. The minimum absolute atomic E-state index is 0.127.